The SMILES string of the molecule is Nc1c(C(=O)Cc2ccccc2)oc2ccccc12. The summed E-state index contributed by atoms with van der Waals surface area (Å²) >= 11 is 0. The topological polar surface area (TPSA) is 56.2 Å². The number of nitrogens with two attached hydrogens (primary N) is 1. The van der Waals surface area contributed by atoms with Gasteiger partial charge in [0.2, 0.25) is 5.78 Å². The number of carbonyl (C=O) groups is 1. The summed E-state index contributed by atoms with van der Waals surface area (Å²) < 4.78 is 5.56. The predicted octanol–water partition coefficient (Wildman–Crippen LogP) is 3.44. The molecule has 0 saturated heterocycles. The zero-order valence-corrected chi connectivity index (χ0v) is 10.3. The normalized spacial score (nSPS) is 10.7. The Morgan fingerprint density at radius 3 is 2.42 bits per heavy atom. The van der Waals surface area contributed by atoms with Crippen LogP contribution >= 0.6 is 0 Å². The van der Waals surface area contributed by atoms with Crippen LogP contribution in [-0.2, 0) is 6.42 Å². The lowest BCUT2D eigenvalue weighted by molar-refractivity contribution is 0.0969. The number of fused-ring (bicyclic) bond motifs is 1. The van der Waals surface area contributed by atoms with Gasteiger partial charge in [-0.1, -0.05) is 42.5 Å². The van der Waals surface area contributed by atoms with E-state index in [0.717, 1.165) is 10.9 Å². The molecule has 3 rings (SSSR count). The van der Waals surface area contributed by atoms with Crippen LogP contribution in [0.3, 0.4) is 0 Å². The highest BCUT2D eigenvalue weighted by atomic mass is 16.3. The van der Waals surface area contributed by atoms with Gasteiger partial charge in [-0.05, 0) is 17.7 Å². The van der Waals surface area contributed by atoms with Gasteiger partial charge < -0.3 is 10.2 Å². The summed E-state index contributed by atoms with van der Waals surface area (Å²) in [5.41, 5.74) is 8.01. The van der Waals surface area contributed by atoms with Crippen molar-refractivity contribution in [3.8, 4) is 0 Å². The molecule has 2 aromatic carbocycles. The maximum absolute atomic E-state index is 12.2. The number of hydrogen-bond acceptors (Lipinski definition) is 3. The molecule has 0 amide bonds. The van der Waals surface area contributed by atoms with Crippen LogP contribution in [0.25, 0.3) is 11.0 Å². The van der Waals surface area contributed by atoms with E-state index in [1.54, 1.807) is 0 Å². The molecule has 0 unspecified atom stereocenters. The van der Waals surface area contributed by atoms with E-state index in [-0.39, 0.29) is 11.5 Å². The van der Waals surface area contributed by atoms with Gasteiger partial charge in [0.1, 0.15) is 5.58 Å². The lowest BCUT2D eigenvalue weighted by Gasteiger charge is -1.99. The minimum atomic E-state index is -0.0973. The Morgan fingerprint density at radius 2 is 1.68 bits per heavy atom. The van der Waals surface area contributed by atoms with E-state index in [1.807, 2.05) is 54.6 Å². The molecule has 3 heteroatoms. The van der Waals surface area contributed by atoms with Crippen molar-refractivity contribution in [2.45, 2.75) is 6.42 Å². The number of anilines is 1. The highest BCUT2D eigenvalue weighted by molar-refractivity contribution is 6.07. The highest BCUT2D eigenvalue weighted by Gasteiger charge is 2.18. The predicted molar refractivity (Wildman–Crippen MR) is 75.1 cm³/mol. The summed E-state index contributed by atoms with van der Waals surface area (Å²) in [5.74, 6) is 0.157. The maximum Gasteiger partial charge on any atom is 0.204 e. The van der Waals surface area contributed by atoms with Crippen molar-refractivity contribution >= 4 is 22.4 Å². The number of Topliss-reactive ketones (excluding diaryl/α,β-unsaturated/α-hetero) is 1. The number of hydrogen-bond donors (Lipinski definition) is 1. The molecule has 3 aromatic rings. The van der Waals surface area contributed by atoms with Crippen molar-refractivity contribution in [2.24, 2.45) is 0 Å². The molecule has 0 bridgehead atoms. The third-order valence-electron chi connectivity index (χ3n) is 3.09. The largest absolute Gasteiger partial charge is 0.451 e. The Morgan fingerprint density at radius 1 is 1.00 bits per heavy atom. The first-order valence-corrected chi connectivity index (χ1v) is 6.10. The standard InChI is InChI=1S/C16H13NO2/c17-15-12-8-4-5-9-14(12)19-16(15)13(18)10-11-6-2-1-3-7-11/h1-9H,10,17H2. The molecule has 0 aliphatic heterocycles. The highest BCUT2D eigenvalue weighted by Crippen LogP contribution is 2.28. The molecule has 1 heterocycles. The minimum absolute atomic E-state index is 0.0973. The number of para-hydroxylation sites is 1. The molecule has 1 aromatic heterocycles. The summed E-state index contributed by atoms with van der Waals surface area (Å²) in [6.07, 6.45) is 0.296. The molecule has 2 N–H and O–H groups in total. The smallest absolute Gasteiger partial charge is 0.204 e. The average molecular weight is 251 g/mol. The van der Waals surface area contributed by atoms with E-state index in [4.69, 9.17) is 10.2 Å². The number of nitrogen functional groups attached to an aromatic ring is 1. The van der Waals surface area contributed by atoms with E-state index in [0.29, 0.717) is 17.7 Å². The van der Waals surface area contributed by atoms with Crippen LogP contribution in [0.15, 0.2) is 59.0 Å². The van der Waals surface area contributed by atoms with Gasteiger partial charge in [0.25, 0.3) is 0 Å². The molecular formula is C16H13NO2. The van der Waals surface area contributed by atoms with Crippen LogP contribution in [0, 0.1) is 0 Å². The molecule has 19 heavy (non-hydrogen) atoms. The van der Waals surface area contributed by atoms with Gasteiger partial charge in [-0.3, -0.25) is 4.79 Å². The Hall–Kier alpha value is -2.55. The van der Waals surface area contributed by atoms with Crippen molar-refractivity contribution in [2.75, 3.05) is 5.73 Å². The summed E-state index contributed by atoms with van der Waals surface area (Å²) in [6.45, 7) is 0. The van der Waals surface area contributed by atoms with E-state index in [9.17, 15) is 4.79 Å². The van der Waals surface area contributed by atoms with E-state index in [1.165, 1.54) is 0 Å². The van der Waals surface area contributed by atoms with Gasteiger partial charge in [0.15, 0.2) is 5.76 Å². The molecule has 0 fully saturated rings. The molecule has 0 aliphatic rings. The van der Waals surface area contributed by atoms with Crippen LogP contribution in [0.5, 0.6) is 0 Å². The number of carbonyl (C=O) groups excluding carboxylic acids is 1. The van der Waals surface area contributed by atoms with Crippen LogP contribution in [0.2, 0.25) is 0 Å². The Labute approximate surface area is 110 Å². The molecule has 0 atom stereocenters. The van der Waals surface area contributed by atoms with Crippen molar-refractivity contribution in [3.63, 3.8) is 0 Å². The van der Waals surface area contributed by atoms with Crippen molar-refractivity contribution in [3.05, 3.63) is 65.9 Å². The van der Waals surface area contributed by atoms with Gasteiger partial charge in [-0.25, -0.2) is 0 Å². The summed E-state index contributed by atoms with van der Waals surface area (Å²) in [7, 11) is 0. The zero-order valence-electron chi connectivity index (χ0n) is 10.3. The Balaban J connectivity index is 1.96. The van der Waals surface area contributed by atoms with Gasteiger partial charge >= 0.3 is 0 Å². The fraction of sp³-hybridized carbons (Fsp3) is 0.0625. The first-order valence-electron chi connectivity index (χ1n) is 6.10. The lowest BCUT2D eigenvalue weighted by Crippen LogP contribution is -2.04. The fourth-order valence-corrected chi connectivity index (χ4v) is 2.13. The lowest BCUT2D eigenvalue weighted by atomic mass is 10.1. The second-order valence-corrected chi connectivity index (χ2v) is 4.43. The third-order valence-corrected chi connectivity index (χ3v) is 3.09. The third kappa shape index (κ3) is 2.10. The number of benzene rings is 2. The quantitative estimate of drug-likeness (QED) is 0.725. The van der Waals surface area contributed by atoms with Crippen LogP contribution < -0.4 is 5.73 Å². The number of furan rings is 1. The molecule has 0 saturated carbocycles. The van der Waals surface area contributed by atoms with E-state index < -0.39 is 0 Å². The molecule has 0 aliphatic carbocycles. The van der Waals surface area contributed by atoms with Gasteiger partial charge in [-0.2, -0.15) is 0 Å². The van der Waals surface area contributed by atoms with Gasteiger partial charge in [-0.15, -0.1) is 0 Å². The number of rotatable bonds is 3. The minimum Gasteiger partial charge on any atom is -0.451 e. The first-order chi connectivity index (χ1) is 9.25. The zero-order chi connectivity index (χ0) is 13.2. The van der Waals surface area contributed by atoms with Crippen molar-refractivity contribution in [1.82, 2.24) is 0 Å². The Bertz CT molecular complexity index is 729. The molecule has 3 nitrogen and oxygen atoms in total. The molecule has 0 radical (unpaired) electrons. The van der Waals surface area contributed by atoms with E-state index in [2.05, 4.69) is 0 Å². The van der Waals surface area contributed by atoms with Gasteiger partial charge in [0.05, 0.1) is 5.69 Å². The monoisotopic (exact) mass is 251 g/mol. The van der Waals surface area contributed by atoms with Crippen LogP contribution in [0.4, 0.5) is 5.69 Å². The summed E-state index contributed by atoms with van der Waals surface area (Å²) in [4.78, 5) is 12.2. The second-order valence-electron chi connectivity index (χ2n) is 4.43. The summed E-state index contributed by atoms with van der Waals surface area (Å²) in [6, 6.07) is 17.0. The van der Waals surface area contributed by atoms with Crippen molar-refractivity contribution < 1.29 is 9.21 Å². The van der Waals surface area contributed by atoms with Crippen LogP contribution in [-0.4, -0.2) is 5.78 Å². The molecule has 94 valence electrons. The summed E-state index contributed by atoms with van der Waals surface area (Å²) in [5, 5.41) is 0.791. The van der Waals surface area contributed by atoms with Crippen molar-refractivity contribution in [1.29, 1.82) is 0 Å². The van der Waals surface area contributed by atoms with Crippen LogP contribution in [0.1, 0.15) is 16.1 Å². The second kappa shape index (κ2) is 4.61. The number of ketones is 1. The first kappa shape index (κ1) is 11.5. The Kier molecular flexibility index (Phi) is 2.80. The average Bonchev–Trinajstić information content (AvgIpc) is 2.78. The fourth-order valence-electron chi connectivity index (χ4n) is 2.13. The molecule has 0 spiro atoms. The van der Waals surface area contributed by atoms with Gasteiger partial charge in [0, 0.05) is 11.8 Å². The van der Waals surface area contributed by atoms with E-state index >= 15 is 0 Å². The molecular weight excluding hydrogens is 238 g/mol. The maximum atomic E-state index is 12.2.